The number of likely N-dealkylation sites (tertiary alicyclic amines) is 1. The first kappa shape index (κ1) is 22.9. The van der Waals surface area contributed by atoms with E-state index in [9.17, 15) is 18.0 Å². The molecule has 0 aromatic heterocycles. The molecule has 1 heterocycles. The molecule has 0 spiro atoms. The number of nitrogens with one attached hydrogen (secondary N) is 2. The third-order valence-electron chi connectivity index (χ3n) is 5.17. The first-order valence-corrected chi connectivity index (χ1v) is 12.1. The van der Waals surface area contributed by atoms with Gasteiger partial charge in [-0.05, 0) is 61.4 Å². The zero-order valence-electron chi connectivity index (χ0n) is 17.3. The quantitative estimate of drug-likeness (QED) is 0.663. The van der Waals surface area contributed by atoms with E-state index >= 15 is 0 Å². The summed E-state index contributed by atoms with van der Waals surface area (Å²) in [5.41, 5.74) is 1.84. The fourth-order valence-corrected chi connectivity index (χ4v) is 4.20. The summed E-state index contributed by atoms with van der Waals surface area (Å²) in [7, 11) is -1.36. The molecule has 2 N–H and O–H groups in total. The summed E-state index contributed by atoms with van der Waals surface area (Å²) in [6.45, 7) is 0.984. The van der Waals surface area contributed by atoms with Crippen LogP contribution < -0.4 is 14.9 Å². The van der Waals surface area contributed by atoms with Gasteiger partial charge in [-0.2, -0.15) is 0 Å². The fraction of sp³-hybridized carbons (Fsp3) is 0.333. The lowest BCUT2D eigenvalue weighted by molar-refractivity contribution is -0.143. The van der Waals surface area contributed by atoms with Crippen molar-refractivity contribution in [2.45, 2.75) is 18.9 Å². The van der Waals surface area contributed by atoms with Crippen molar-refractivity contribution in [2.24, 2.45) is 0 Å². The Labute approximate surface area is 187 Å². The molecule has 0 atom stereocenters. The smallest absolute Gasteiger partial charge is 0.313 e. The van der Waals surface area contributed by atoms with Gasteiger partial charge in [0.15, 0.2) is 0 Å². The van der Waals surface area contributed by atoms with E-state index in [1.165, 1.54) is 24.3 Å². The number of hydrogen-bond donors (Lipinski definition) is 2. The Morgan fingerprint density at radius 1 is 1.00 bits per heavy atom. The van der Waals surface area contributed by atoms with Crippen LogP contribution in [0.3, 0.4) is 0 Å². The molecule has 8 nitrogen and oxygen atoms in total. The molecule has 2 aromatic carbocycles. The van der Waals surface area contributed by atoms with E-state index in [0.717, 1.165) is 24.8 Å². The maximum absolute atomic E-state index is 12.5. The molecule has 0 bridgehead atoms. The molecule has 2 aromatic rings. The summed E-state index contributed by atoms with van der Waals surface area (Å²) in [4.78, 5) is 28.6. The maximum atomic E-state index is 12.5. The molecule has 166 valence electrons. The lowest BCUT2D eigenvalue weighted by Gasteiger charge is -2.37. The van der Waals surface area contributed by atoms with Gasteiger partial charge in [-0.25, -0.2) is 8.42 Å². The van der Waals surface area contributed by atoms with E-state index in [0.29, 0.717) is 29.5 Å². The number of rotatable bonds is 5. The number of carbonyl (C=O) groups is 2. The first-order valence-electron chi connectivity index (χ1n) is 9.79. The van der Waals surface area contributed by atoms with Crippen LogP contribution in [0, 0.1) is 0 Å². The van der Waals surface area contributed by atoms with Crippen LogP contribution in [0.15, 0.2) is 48.5 Å². The third-order valence-corrected chi connectivity index (χ3v) is 6.03. The van der Waals surface area contributed by atoms with Crippen molar-refractivity contribution in [3.05, 3.63) is 53.6 Å². The van der Waals surface area contributed by atoms with E-state index in [1.54, 1.807) is 4.90 Å². The van der Waals surface area contributed by atoms with E-state index in [2.05, 4.69) is 14.9 Å². The Balaban J connectivity index is 1.52. The van der Waals surface area contributed by atoms with E-state index < -0.39 is 21.8 Å². The Kier molecular flexibility index (Phi) is 7.07. The van der Waals surface area contributed by atoms with Crippen LogP contribution in [-0.4, -0.2) is 57.6 Å². The van der Waals surface area contributed by atoms with Gasteiger partial charge in [0, 0.05) is 48.3 Å². The number of hydrogen-bond acceptors (Lipinski definition) is 5. The Bertz CT molecular complexity index is 1030. The summed E-state index contributed by atoms with van der Waals surface area (Å²) in [6.07, 6.45) is 2.56. The Hall–Kier alpha value is -2.78. The van der Waals surface area contributed by atoms with Gasteiger partial charge >= 0.3 is 11.8 Å². The van der Waals surface area contributed by atoms with E-state index in [-0.39, 0.29) is 6.04 Å². The molecular formula is C21H25ClN4O4S. The van der Waals surface area contributed by atoms with E-state index in [4.69, 9.17) is 11.6 Å². The molecule has 0 radical (unpaired) electrons. The predicted molar refractivity (Wildman–Crippen MR) is 123 cm³/mol. The van der Waals surface area contributed by atoms with Gasteiger partial charge in [0.05, 0.1) is 6.26 Å². The highest BCUT2D eigenvalue weighted by Gasteiger charge is 2.28. The number of anilines is 3. The molecule has 1 aliphatic rings. The van der Waals surface area contributed by atoms with Crippen molar-refractivity contribution in [1.29, 1.82) is 0 Å². The summed E-state index contributed by atoms with van der Waals surface area (Å²) in [5, 5.41) is 3.25. The molecule has 0 unspecified atom stereocenters. The Morgan fingerprint density at radius 3 is 2.10 bits per heavy atom. The average Bonchev–Trinajstić information content (AvgIpc) is 2.74. The van der Waals surface area contributed by atoms with Gasteiger partial charge in [-0.1, -0.05) is 11.6 Å². The van der Waals surface area contributed by atoms with Gasteiger partial charge < -0.3 is 15.1 Å². The highest BCUT2D eigenvalue weighted by atomic mass is 35.5. The Morgan fingerprint density at radius 2 is 1.55 bits per heavy atom. The van der Waals surface area contributed by atoms with Crippen molar-refractivity contribution in [3.8, 4) is 0 Å². The average molecular weight is 465 g/mol. The van der Waals surface area contributed by atoms with Crippen LogP contribution in [-0.2, 0) is 19.6 Å². The van der Waals surface area contributed by atoms with E-state index in [1.807, 2.05) is 31.3 Å². The minimum absolute atomic E-state index is 0.267. The van der Waals surface area contributed by atoms with Crippen molar-refractivity contribution in [2.75, 3.05) is 41.3 Å². The number of benzene rings is 2. The maximum Gasteiger partial charge on any atom is 0.313 e. The number of halogens is 1. The summed E-state index contributed by atoms with van der Waals surface area (Å²) >= 11 is 5.95. The molecule has 0 aliphatic carbocycles. The summed E-state index contributed by atoms with van der Waals surface area (Å²) < 4.78 is 24.8. The SMILES string of the molecule is CN(c1ccc(Cl)cc1)C1CCN(C(=O)C(=O)Nc2ccc(NS(C)(=O)=O)cc2)CC1. The highest BCUT2D eigenvalue weighted by Crippen LogP contribution is 2.24. The number of nitrogens with zero attached hydrogens (tertiary/aromatic N) is 2. The molecule has 10 heteroatoms. The first-order chi connectivity index (χ1) is 14.6. The van der Waals surface area contributed by atoms with Crippen LogP contribution >= 0.6 is 11.6 Å². The lowest BCUT2D eigenvalue weighted by Crippen LogP contribution is -2.48. The zero-order valence-corrected chi connectivity index (χ0v) is 18.9. The van der Waals surface area contributed by atoms with Gasteiger partial charge in [0.1, 0.15) is 0 Å². The second-order valence-electron chi connectivity index (χ2n) is 7.52. The molecule has 1 saturated heterocycles. The summed E-state index contributed by atoms with van der Waals surface area (Å²) in [5.74, 6) is -1.29. The standard InChI is InChI=1S/C21H25ClN4O4S/c1-25(18-9-3-15(22)4-10-18)19-11-13-26(14-12-19)21(28)20(27)23-16-5-7-17(8-6-16)24-31(2,29)30/h3-10,19,24H,11-14H2,1-2H3,(H,23,27). The van der Waals surface area contributed by atoms with Crippen LogP contribution in [0.1, 0.15) is 12.8 Å². The monoisotopic (exact) mass is 464 g/mol. The summed E-state index contributed by atoms with van der Waals surface area (Å²) in [6, 6.07) is 14.0. The lowest BCUT2D eigenvalue weighted by atomic mass is 10.0. The fourth-order valence-electron chi connectivity index (χ4n) is 3.51. The number of sulfonamides is 1. The predicted octanol–water partition coefficient (Wildman–Crippen LogP) is 2.78. The number of piperidine rings is 1. The van der Waals surface area contributed by atoms with Crippen molar-refractivity contribution < 1.29 is 18.0 Å². The third kappa shape index (κ3) is 6.35. The van der Waals surface area contributed by atoms with Gasteiger partial charge in [0.2, 0.25) is 10.0 Å². The van der Waals surface area contributed by atoms with Crippen molar-refractivity contribution in [1.82, 2.24) is 4.90 Å². The minimum atomic E-state index is -3.38. The highest BCUT2D eigenvalue weighted by molar-refractivity contribution is 7.92. The normalized spacial score (nSPS) is 14.7. The molecule has 2 amide bonds. The van der Waals surface area contributed by atoms with Crippen LogP contribution in [0.2, 0.25) is 5.02 Å². The van der Waals surface area contributed by atoms with Crippen LogP contribution in [0.25, 0.3) is 0 Å². The van der Waals surface area contributed by atoms with Gasteiger partial charge in [0.25, 0.3) is 0 Å². The molecule has 31 heavy (non-hydrogen) atoms. The van der Waals surface area contributed by atoms with Crippen molar-refractivity contribution >= 4 is 50.5 Å². The zero-order chi connectivity index (χ0) is 22.6. The van der Waals surface area contributed by atoms with Crippen molar-refractivity contribution in [3.63, 3.8) is 0 Å². The number of amides is 2. The molecule has 1 fully saturated rings. The molecule has 1 aliphatic heterocycles. The number of carbonyl (C=O) groups excluding carboxylic acids is 2. The minimum Gasteiger partial charge on any atom is -0.371 e. The van der Waals surface area contributed by atoms with Crippen LogP contribution in [0.4, 0.5) is 17.1 Å². The second kappa shape index (κ2) is 9.57. The second-order valence-corrected chi connectivity index (χ2v) is 9.70. The van der Waals surface area contributed by atoms with Crippen LogP contribution in [0.5, 0.6) is 0 Å². The van der Waals surface area contributed by atoms with Gasteiger partial charge in [-0.15, -0.1) is 0 Å². The molecule has 0 saturated carbocycles. The largest absolute Gasteiger partial charge is 0.371 e. The topological polar surface area (TPSA) is 98.8 Å². The molecule has 3 rings (SSSR count). The molecular weight excluding hydrogens is 440 g/mol. The van der Waals surface area contributed by atoms with Gasteiger partial charge in [-0.3, -0.25) is 14.3 Å².